The van der Waals surface area contributed by atoms with Gasteiger partial charge in [-0.05, 0) is 37.5 Å². The fraction of sp³-hybridized carbons (Fsp3) is 0.353. The van der Waals surface area contributed by atoms with Crippen LogP contribution in [-0.4, -0.2) is 21.7 Å². The number of benzene rings is 1. The minimum atomic E-state index is -0.993. The molecule has 0 atom stereocenters. The number of aryl methyl sites for hydroxylation is 1. The van der Waals surface area contributed by atoms with Crippen molar-refractivity contribution < 1.29 is 23.1 Å². The van der Waals surface area contributed by atoms with Crippen LogP contribution < -0.4 is 5.32 Å². The van der Waals surface area contributed by atoms with E-state index in [0.29, 0.717) is 24.2 Å². The second-order valence-electron chi connectivity index (χ2n) is 5.60. The van der Waals surface area contributed by atoms with Crippen LogP contribution in [-0.2, 0) is 22.7 Å². The van der Waals surface area contributed by atoms with E-state index in [1.165, 1.54) is 12.3 Å². The van der Waals surface area contributed by atoms with Gasteiger partial charge in [-0.25, -0.2) is 13.6 Å². The molecule has 25 heavy (non-hydrogen) atoms. The van der Waals surface area contributed by atoms with Gasteiger partial charge in [-0.1, -0.05) is 6.07 Å². The Bertz CT molecular complexity index is 746. The number of hydrogen-bond acceptors (Lipinski definition) is 4. The van der Waals surface area contributed by atoms with Crippen molar-refractivity contribution in [3.63, 3.8) is 0 Å². The van der Waals surface area contributed by atoms with Crippen LogP contribution in [0.25, 0.3) is 0 Å². The van der Waals surface area contributed by atoms with E-state index in [4.69, 9.17) is 4.74 Å². The lowest BCUT2D eigenvalue weighted by molar-refractivity contribution is -0.117. The first-order valence-corrected chi connectivity index (χ1v) is 7.83. The quantitative estimate of drug-likeness (QED) is 0.737. The maximum atomic E-state index is 13.1. The van der Waals surface area contributed by atoms with Gasteiger partial charge >= 0.3 is 6.09 Å². The highest BCUT2D eigenvalue weighted by atomic mass is 19.2. The van der Waals surface area contributed by atoms with Crippen molar-refractivity contribution in [2.75, 3.05) is 5.32 Å². The molecule has 0 aliphatic rings. The Balaban J connectivity index is 1.75. The van der Waals surface area contributed by atoms with Crippen LogP contribution in [0, 0.1) is 11.6 Å². The number of aromatic nitrogens is 2. The van der Waals surface area contributed by atoms with Crippen LogP contribution in [0.2, 0.25) is 0 Å². The average Bonchev–Trinajstić information content (AvgIpc) is 3.00. The zero-order chi connectivity index (χ0) is 18.2. The standard InChI is InChI=1S/C17H19F2N3O3/c1-12(23)4-2-3-7-22-10-14(9-20-22)21-17(24)25-11-13-5-6-15(18)16(19)8-13/h5-6,8-10H,2-4,7,11H2,1H3,(H,21,24). The van der Waals surface area contributed by atoms with E-state index in [9.17, 15) is 18.4 Å². The van der Waals surface area contributed by atoms with Gasteiger partial charge in [0.15, 0.2) is 11.6 Å². The van der Waals surface area contributed by atoms with Crippen molar-refractivity contribution in [3.8, 4) is 0 Å². The SMILES string of the molecule is CC(=O)CCCCn1cc(NC(=O)OCc2ccc(F)c(F)c2)cn1. The fourth-order valence-electron chi connectivity index (χ4n) is 2.13. The molecule has 8 heteroatoms. The summed E-state index contributed by atoms with van der Waals surface area (Å²) in [5.74, 6) is -1.79. The summed E-state index contributed by atoms with van der Waals surface area (Å²) in [6.45, 7) is 2.02. The van der Waals surface area contributed by atoms with Gasteiger partial charge in [0, 0.05) is 19.2 Å². The Labute approximate surface area is 143 Å². The Kier molecular flexibility index (Phi) is 6.62. The number of ether oxygens (including phenoxy) is 1. The number of ketones is 1. The highest BCUT2D eigenvalue weighted by Crippen LogP contribution is 2.11. The number of halogens is 2. The number of unbranched alkanes of at least 4 members (excludes halogenated alkanes) is 1. The van der Waals surface area contributed by atoms with E-state index in [0.717, 1.165) is 25.0 Å². The molecule has 1 heterocycles. The monoisotopic (exact) mass is 351 g/mol. The molecule has 0 saturated carbocycles. The van der Waals surface area contributed by atoms with Crippen LogP contribution in [0.3, 0.4) is 0 Å². The van der Waals surface area contributed by atoms with Crippen LogP contribution in [0.1, 0.15) is 31.7 Å². The molecular formula is C17H19F2N3O3. The Morgan fingerprint density at radius 1 is 1.24 bits per heavy atom. The molecule has 2 rings (SSSR count). The molecule has 6 nitrogen and oxygen atoms in total. The van der Waals surface area contributed by atoms with Crippen LogP contribution >= 0.6 is 0 Å². The first-order valence-electron chi connectivity index (χ1n) is 7.83. The highest BCUT2D eigenvalue weighted by Gasteiger charge is 2.08. The van der Waals surface area contributed by atoms with Crippen molar-refractivity contribution in [2.45, 2.75) is 39.3 Å². The molecule has 1 aromatic carbocycles. The lowest BCUT2D eigenvalue weighted by Gasteiger charge is -2.06. The summed E-state index contributed by atoms with van der Waals surface area (Å²) >= 11 is 0. The summed E-state index contributed by atoms with van der Waals surface area (Å²) in [5.41, 5.74) is 0.803. The molecule has 1 N–H and O–H groups in total. The highest BCUT2D eigenvalue weighted by molar-refractivity contribution is 5.84. The van der Waals surface area contributed by atoms with E-state index in [1.807, 2.05) is 0 Å². The predicted molar refractivity (Wildman–Crippen MR) is 86.9 cm³/mol. The van der Waals surface area contributed by atoms with Gasteiger partial charge in [-0.2, -0.15) is 5.10 Å². The van der Waals surface area contributed by atoms with Gasteiger partial charge in [-0.15, -0.1) is 0 Å². The molecule has 1 amide bonds. The zero-order valence-electron chi connectivity index (χ0n) is 13.8. The third-order valence-electron chi connectivity index (χ3n) is 3.40. The molecule has 0 spiro atoms. The third-order valence-corrected chi connectivity index (χ3v) is 3.40. The van der Waals surface area contributed by atoms with E-state index in [2.05, 4.69) is 10.4 Å². The molecule has 0 aliphatic carbocycles. The first-order chi connectivity index (χ1) is 11.9. The van der Waals surface area contributed by atoms with Crippen LogP contribution in [0.5, 0.6) is 0 Å². The summed E-state index contributed by atoms with van der Waals surface area (Å²) in [5, 5.41) is 6.60. The second kappa shape index (κ2) is 8.91. The van der Waals surface area contributed by atoms with Gasteiger partial charge in [0.05, 0.1) is 11.9 Å². The van der Waals surface area contributed by atoms with Crippen molar-refractivity contribution in [1.29, 1.82) is 0 Å². The summed E-state index contributed by atoms with van der Waals surface area (Å²) in [6, 6.07) is 3.29. The molecular weight excluding hydrogens is 332 g/mol. The maximum Gasteiger partial charge on any atom is 0.412 e. The first kappa shape index (κ1) is 18.6. The van der Waals surface area contributed by atoms with Gasteiger partial charge in [-0.3, -0.25) is 10.00 Å². The number of Topliss-reactive ketones (excluding diaryl/α,β-unsaturated/α-hetero) is 1. The zero-order valence-corrected chi connectivity index (χ0v) is 13.8. The van der Waals surface area contributed by atoms with Crippen LogP contribution in [0.15, 0.2) is 30.6 Å². The minimum Gasteiger partial charge on any atom is -0.444 e. The summed E-state index contributed by atoms with van der Waals surface area (Å²) in [7, 11) is 0. The molecule has 134 valence electrons. The molecule has 0 bridgehead atoms. The third kappa shape index (κ3) is 6.33. The van der Waals surface area contributed by atoms with Gasteiger partial charge < -0.3 is 9.53 Å². The molecule has 0 saturated heterocycles. The lowest BCUT2D eigenvalue weighted by Crippen LogP contribution is -2.13. The number of hydrogen-bond donors (Lipinski definition) is 1. The summed E-state index contributed by atoms with van der Waals surface area (Å²) < 4.78 is 32.5. The summed E-state index contributed by atoms with van der Waals surface area (Å²) in [4.78, 5) is 22.6. The Hall–Kier alpha value is -2.77. The number of rotatable bonds is 8. The number of nitrogens with one attached hydrogen (secondary N) is 1. The van der Waals surface area contributed by atoms with Gasteiger partial charge in [0.2, 0.25) is 0 Å². The second-order valence-corrected chi connectivity index (χ2v) is 5.60. The fourth-order valence-corrected chi connectivity index (χ4v) is 2.13. The molecule has 0 aliphatic heterocycles. The normalized spacial score (nSPS) is 10.5. The summed E-state index contributed by atoms with van der Waals surface area (Å²) in [6.07, 6.45) is 4.54. The molecule has 2 aromatic rings. The van der Waals surface area contributed by atoms with Crippen LogP contribution in [0.4, 0.5) is 19.3 Å². The van der Waals surface area contributed by atoms with E-state index >= 15 is 0 Å². The number of nitrogens with zero attached hydrogens (tertiary/aromatic N) is 2. The number of carbonyl (C=O) groups excluding carboxylic acids is 2. The number of carbonyl (C=O) groups is 2. The average molecular weight is 351 g/mol. The molecule has 0 unspecified atom stereocenters. The minimum absolute atomic E-state index is 0.159. The van der Waals surface area contributed by atoms with Crippen molar-refractivity contribution in [3.05, 3.63) is 47.8 Å². The number of amides is 1. The smallest absolute Gasteiger partial charge is 0.412 e. The van der Waals surface area contributed by atoms with Crippen molar-refractivity contribution >= 4 is 17.6 Å². The Morgan fingerprint density at radius 2 is 2.04 bits per heavy atom. The van der Waals surface area contributed by atoms with E-state index in [1.54, 1.807) is 17.8 Å². The lowest BCUT2D eigenvalue weighted by atomic mass is 10.2. The number of anilines is 1. The van der Waals surface area contributed by atoms with E-state index in [-0.39, 0.29) is 12.4 Å². The molecule has 0 fully saturated rings. The van der Waals surface area contributed by atoms with E-state index < -0.39 is 17.7 Å². The van der Waals surface area contributed by atoms with Gasteiger partial charge in [0.25, 0.3) is 0 Å². The maximum absolute atomic E-state index is 13.1. The van der Waals surface area contributed by atoms with Crippen molar-refractivity contribution in [2.24, 2.45) is 0 Å². The predicted octanol–water partition coefficient (Wildman–Crippen LogP) is 3.67. The van der Waals surface area contributed by atoms with Gasteiger partial charge in [0.1, 0.15) is 12.4 Å². The Morgan fingerprint density at radius 3 is 2.76 bits per heavy atom. The molecule has 0 radical (unpaired) electrons. The topological polar surface area (TPSA) is 73.2 Å². The molecule has 1 aromatic heterocycles. The largest absolute Gasteiger partial charge is 0.444 e. The van der Waals surface area contributed by atoms with Crippen molar-refractivity contribution in [1.82, 2.24) is 9.78 Å².